The predicted octanol–water partition coefficient (Wildman–Crippen LogP) is 3.07. The highest BCUT2D eigenvalue weighted by Crippen LogP contribution is 2.31. The summed E-state index contributed by atoms with van der Waals surface area (Å²) in [6, 6.07) is 9.30. The summed E-state index contributed by atoms with van der Waals surface area (Å²) in [6.07, 6.45) is 5.63. The van der Waals surface area contributed by atoms with Crippen molar-refractivity contribution in [2.75, 3.05) is 11.9 Å². The molecule has 0 saturated carbocycles. The molecule has 1 aliphatic heterocycles. The summed E-state index contributed by atoms with van der Waals surface area (Å²) < 4.78 is 1.68. The van der Waals surface area contributed by atoms with Gasteiger partial charge in [-0.1, -0.05) is 6.07 Å². The zero-order chi connectivity index (χ0) is 19.1. The lowest BCUT2D eigenvalue weighted by Gasteiger charge is -2.12. The van der Waals surface area contributed by atoms with Gasteiger partial charge in [0.15, 0.2) is 0 Å². The molecule has 4 rings (SSSR count). The van der Waals surface area contributed by atoms with Crippen molar-refractivity contribution >= 4 is 11.6 Å². The van der Waals surface area contributed by atoms with Crippen LogP contribution in [0, 0.1) is 0 Å². The summed E-state index contributed by atoms with van der Waals surface area (Å²) in [6.45, 7) is 3.94. The molecule has 0 unspecified atom stereocenters. The van der Waals surface area contributed by atoms with E-state index in [1.807, 2.05) is 38.2 Å². The Balaban J connectivity index is 1.74. The fraction of sp³-hybridized carbons (Fsp3) is 0.238. The molecule has 1 aromatic carbocycles. The van der Waals surface area contributed by atoms with E-state index in [0.29, 0.717) is 12.1 Å². The van der Waals surface area contributed by atoms with E-state index in [1.54, 1.807) is 41.0 Å². The molecule has 0 N–H and O–H groups in total. The Bertz CT molecular complexity index is 1100. The molecule has 1 aliphatic rings. The maximum absolute atomic E-state index is 12.0. The summed E-state index contributed by atoms with van der Waals surface area (Å²) in [4.78, 5) is 34.6. The number of rotatable bonds is 3. The zero-order valence-electron chi connectivity index (χ0n) is 15.5. The lowest BCUT2D eigenvalue weighted by atomic mass is 10.1. The van der Waals surface area contributed by atoms with Gasteiger partial charge in [0.05, 0.1) is 30.2 Å². The van der Waals surface area contributed by atoms with Gasteiger partial charge in [-0.2, -0.15) is 0 Å². The third-order valence-corrected chi connectivity index (χ3v) is 4.88. The Morgan fingerprint density at radius 2 is 1.70 bits per heavy atom. The number of hydrogen-bond donors (Lipinski definition) is 0. The highest BCUT2D eigenvalue weighted by Gasteiger charge is 2.24. The van der Waals surface area contributed by atoms with Crippen molar-refractivity contribution in [2.24, 2.45) is 0 Å². The molecule has 0 saturated heterocycles. The Hall–Kier alpha value is -3.28. The number of nitrogens with zero attached hydrogens (tertiary/aromatic N) is 4. The van der Waals surface area contributed by atoms with Gasteiger partial charge < -0.3 is 9.47 Å². The molecule has 3 aromatic rings. The van der Waals surface area contributed by atoms with Crippen molar-refractivity contribution in [2.45, 2.75) is 26.3 Å². The minimum atomic E-state index is -0.0368. The monoisotopic (exact) mass is 360 g/mol. The van der Waals surface area contributed by atoms with Crippen LogP contribution >= 0.6 is 0 Å². The van der Waals surface area contributed by atoms with E-state index >= 15 is 0 Å². The average Bonchev–Trinajstić information content (AvgIpc) is 2.95. The van der Waals surface area contributed by atoms with Crippen LogP contribution in [0.4, 0.5) is 5.69 Å². The number of hydrogen-bond acceptors (Lipinski definition) is 4. The van der Waals surface area contributed by atoms with Crippen LogP contribution in [0.3, 0.4) is 0 Å². The maximum atomic E-state index is 12.0. The molecule has 0 spiro atoms. The number of carbonyl (C=O) groups is 1. The summed E-state index contributed by atoms with van der Waals surface area (Å²) in [5.74, 6) is 0.0953. The molecular weight excluding hydrogens is 340 g/mol. The van der Waals surface area contributed by atoms with Crippen molar-refractivity contribution in [1.29, 1.82) is 0 Å². The van der Waals surface area contributed by atoms with Gasteiger partial charge in [0, 0.05) is 42.2 Å². The van der Waals surface area contributed by atoms with E-state index in [1.165, 1.54) is 0 Å². The van der Waals surface area contributed by atoms with Crippen molar-refractivity contribution < 1.29 is 4.79 Å². The maximum Gasteiger partial charge on any atom is 0.250 e. The van der Waals surface area contributed by atoms with E-state index in [2.05, 4.69) is 4.98 Å². The molecule has 3 heterocycles. The fourth-order valence-corrected chi connectivity index (χ4v) is 3.33. The van der Waals surface area contributed by atoms with Gasteiger partial charge in [-0.05, 0) is 37.6 Å². The van der Waals surface area contributed by atoms with Crippen molar-refractivity contribution in [3.05, 3.63) is 64.8 Å². The minimum absolute atomic E-state index is 0.0368. The number of pyridine rings is 1. The SMILES string of the molecule is CC(C)n1cc(-c2cncc(-c3ccc4c(c3)CC(=O)N4C)n2)ccc1=O. The topological polar surface area (TPSA) is 68.1 Å². The van der Waals surface area contributed by atoms with Crippen LogP contribution in [-0.2, 0) is 11.2 Å². The molecule has 1 amide bonds. The quantitative estimate of drug-likeness (QED) is 0.720. The zero-order valence-corrected chi connectivity index (χ0v) is 15.5. The van der Waals surface area contributed by atoms with Gasteiger partial charge in [-0.3, -0.25) is 14.6 Å². The van der Waals surface area contributed by atoms with E-state index < -0.39 is 0 Å². The fourth-order valence-electron chi connectivity index (χ4n) is 3.33. The van der Waals surface area contributed by atoms with Crippen molar-refractivity contribution in [3.8, 4) is 22.5 Å². The van der Waals surface area contributed by atoms with Crippen LogP contribution in [0.5, 0.6) is 0 Å². The number of fused-ring (bicyclic) bond motifs is 1. The van der Waals surface area contributed by atoms with E-state index in [-0.39, 0.29) is 17.5 Å². The molecule has 0 fully saturated rings. The molecule has 0 radical (unpaired) electrons. The van der Waals surface area contributed by atoms with Gasteiger partial charge in [0.25, 0.3) is 5.56 Å². The highest BCUT2D eigenvalue weighted by atomic mass is 16.2. The van der Waals surface area contributed by atoms with Gasteiger partial charge in [-0.25, -0.2) is 4.98 Å². The van der Waals surface area contributed by atoms with E-state index in [4.69, 9.17) is 4.98 Å². The normalized spacial score (nSPS) is 13.3. The minimum Gasteiger partial charge on any atom is -0.315 e. The summed E-state index contributed by atoms with van der Waals surface area (Å²) >= 11 is 0. The summed E-state index contributed by atoms with van der Waals surface area (Å²) in [7, 11) is 1.79. The molecule has 2 aromatic heterocycles. The molecule has 27 heavy (non-hydrogen) atoms. The number of amides is 1. The number of aromatic nitrogens is 3. The van der Waals surface area contributed by atoms with Crippen LogP contribution in [0.1, 0.15) is 25.5 Å². The van der Waals surface area contributed by atoms with Crippen LogP contribution in [0.25, 0.3) is 22.5 Å². The van der Waals surface area contributed by atoms with Crippen LogP contribution < -0.4 is 10.5 Å². The first-order valence-electron chi connectivity index (χ1n) is 8.88. The molecule has 0 atom stereocenters. The van der Waals surface area contributed by atoms with Crippen LogP contribution in [0.2, 0.25) is 0 Å². The van der Waals surface area contributed by atoms with Gasteiger partial charge in [-0.15, -0.1) is 0 Å². The third kappa shape index (κ3) is 3.03. The predicted molar refractivity (Wildman–Crippen MR) is 105 cm³/mol. The standard InChI is InChI=1S/C21H20N4O2/c1-13(2)25-12-15(5-7-20(25)26)18-11-22-10-17(23-18)14-4-6-19-16(8-14)9-21(27)24(19)3/h4-8,10-13H,9H2,1-3H3. The molecule has 136 valence electrons. The van der Waals surface area contributed by atoms with Crippen molar-refractivity contribution in [3.63, 3.8) is 0 Å². The smallest absolute Gasteiger partial charge is 0.250 e. The summed E-state index contributed by atoms with van der Waals surface area (Å²) in [5, 5.41) is 0. The Morgan fingerprint density at radius 3 is 2.44 bits per heavy atom. The van der Waals surface area contributed by atoms with Crippen LogP contribution in [-0.4, -0.2) is 27.5 Å². The molecule has 6 nitrogen and oxygen atoms in total. The van der Waals surface area contributed by atoms with Gasteiger partial charge in [0.1, 0.15) is 0 Å². The lowest BCUT2D eigenvalue weighted by molar-refractivity contribution is -0.117. The molecular formula is C21H20N4O2. The highest BCUT2D eigenvalue weighted by molar-refractivity contribution is 6.01. The molecule has 0 bridgehead atoms. The first-order valence-corrected chi connectivity index (χ1v) is 8.88. The summed E-state index contributed by atoms with van der Waals surface area (Å²) in [5.41, 5.74) is 5.11. The number of likely N-dealkylation sites (N-methyl/N-ethyl adjacent to an activating group) is 1. The average molecular weight is 360 g/mol. The van der Waals surface area contributed by atoms with Crippen LogP contribution in [0.15, 0.2) is 53.7 Å². The number of anilines is 1. The number of benzene rings is 1. The largest absolute Gasteiger partial charge is 0.315 e. The van der Waals surface area contributed by atoms with Gasteiger partial charge in [0.2, 0.25) is 5.91 Å². The first-order chi connectivity index (χ1) is 12.9. The van der Waals surface area contributed by atoms with E-state index in [0.717, 1.165) is 28.1 Å². The van der Waals surface area contributed by atoms with E-state index in [9.17, 15) is 9.59 Å². The van der Waals surface area contributed by atoms with Gasteiger partial charge >= 0.3 is 0 Å². The Labute approximate surface area is 157 Å². The number of carbonyl (C=O) groups excluding carboxylic acids is 1. The second kappa shape index (κ2) is 6.46. The Morgan fingerprint density at radius 1 is 1.00 bits per heavy atom. The van der Waals surface area contributed by atoms with Crippen molar-refractivity contribution in [1.82, 2.24) is 14.5 Å². The lowest BCUT2D eigenvalue weighted by Crippen LogP contribution is -2.20. The molecule has 6 heteroatoms. The first kappa shape index (κ1) is 17.1. The third-order valence-electron chi connectivity index (χ3n) is 4.88. The second-order valence-electron chi connectivity index (χ2n) is 7.02. The Kier molecular flexibility index (Phi) is 4.11. The molecule has 0 aliphatic carbocycles. The second-order valence-corrected chi connectivity index (χ2v) is 7.02.